The minimum Gasteiger partial charge on any atom is -0.461 e. The zero-order chi connectivity index (χ0) is 12.9. The number of para-hydroxylation sites is 1. The van der Waals surface area contributed by atoms with Crippen LogP contribution in [0.1, 0.15) is 18.4 Å². The molecule has 2 heterocycles. The number of ether oxygens (including phenoxy) is 1. The molecule has 4 rings (SSSR count). The van der Waals surface area contributed by atoms with E-state index in [2.05, 4.69) is 17.4 Å². The highest BCUT2D eigenvalue weighted by Crippen LogP contribution is 2.51. The number of aliphatic hydroxyl groups is 1. The first-order valence-electron chi connectivity index (χ1n) is 6.79. The van der Waals surface area contributed by atoms with Crippen molar-refractivity contribution >= 4 is 11.8 Å². The third kappa shape index (κ3) is 1.67. The van der Waals surface area contributed by atoms with Crippen LogP contribution in [0, 0.1) is 5.92 Å². The summed E-state index contributed by atoms with van der Waals surface area (Å²) in [6.07, 6.45) is 3.35. The zero-order valence-corrected chi connectivity index (χ0v) is 11.5. The SMILES string of the molecule is OC1C=C2Oc3ccccc3C3(CSCN3)C2CC1. The van der Waals surface area contributed by atoms with Crippen LogP contribution in [0.25, 0.3) is 0 Å². The summed E-state index contributed by atoms with van der Waals surface area (Å²) < 4.78 is 6.04. The van der Waals surface area contributed by atoms with Crippen LogP contribution in [0.15, 0.2) is 36.1 Å². The topological polar surface area (TPSA) is 41.5 Å². The summed E-state index contributed by atoms with van der Waals surface area (Å²) in [6, 6.07) is 8.30. The van der Waals surface area contributed by atoms with Crippen LogP contribution < -0.4 is 10.1 Å². The molecule has 3 aliphatic rings. The fourth-order valence-corrected chi connectivity index (χ4v) is 4.78. The Labute approximate surface area is 117 Å². The van der Waals surface area contributed by atoms with Gasteiger partial charge in [-0.1, -0.05) is 18.2 Å². The molecule has 19 heavy (non-hydrogen) atoms. The Hall–Kier alpha value is -0.970. The lowest BCUT2D eigenvalue weighted by atomic mass is 9.71. The molecule has 1 aliphatic carbocycles. The van der Waals surface area contributed by atoms with E-state index in [4.69, 9.17) is 4.74 Å². The van der Waals surface area contributed by atoms with Gasteiger partial charge in [-0.05, 0) is 25.0 Å². The molecule has 0 bridgehead atoms. The lowest BCUT2D eigenvalue weighted by molar-refractivity contribution is 0.121. The average molecular weight is 275 g/mol. The molecule has 3 atom stereocenters. The second-order valence-corrected chi connectivity index (χ2v) is 6.49. The number of benzene rings is 1. The minimum absolute atomic E-state index is 0.00845. The van der Waals surface area contributed by atoms with Gasteiger partial charge in [-0.2, -0.15) is 0 Å². The van der Waals surface area contributed by atoms with Gasteiger partial charge in [0.25, 0.3) is 0 Å². The van der Waals surface area contributed by atoms with Crippen molar-refractivity contribution in [2.75, 3.05) is 11.6 Å². The molecule has 1 aromatic carbocycles. The van der Waals surface area contributed by atoms with Gasteiger partial charge in [0.1, 0.15) is 11.5 Å². The van der Waals surface area contributed by atoms with Crippen LogP contribution in [0.3, 0.4) is 0 Å². The lowest BCUT2D eigenvalue weighted by Gasteiger charge is -2.45. The highest BCUT2D eigenvalue weighted by molar-refractivity contribution is 7.99. The van der Waals surface area contributed by atoms with Crippen LogP contribution in [0.5, 0.6) is 5.75 Å². The average Bonchev–Trinajstić information content (AvgIpc) is 2.89. The molecule has 1 spiro atoms. The second kappa shape index (κ2) is 4.27. The first-order chi connectivity index (χ1) is 9.29. The van der Waals surface area contributed by atoms with Gasteiger partial charge in [-0.25, -0.2) is 0 Å². The highest BCUT2D eigenvalue weighted by atomic mass is 32.2. The zero-order valence-electron chi connectivity index (χ0n) is 10.6. The summed E-state index contributed by atoms with van der Waals surface area (Å²) >= 11 is 1.94. The van der Waals surface area contributed by atoms with Crippen molar-refractivity contribution in [1.82, 2.24) is 5.32 Å². The van der Waals surface area contributed by atoms with Gasteiger partial charge in [0.05, 0.1) is 11.6 Å². The molecule has 2 aliphatic heterocycles. The minimum atomic E-state index is -0.359. The van der Waals surface area contributed by atoms with Crippen LogP contribution in [0.2, 0.25) is 0 Å². The van der Waals surface area contributed by atoms with E-state index in [1.807, 2.05) is 30.0 Å². The molecule has 0 saturated carbocycles. The Kier molecular flexibility index (Phi) is 2.65. The molecule has 2 N–H and O–H groups in total. The van der Waals surface area contributed by atoms with E-state index >= 15 is 0 Å². The predicted molar refractivity (Wildman–Crippen MR) is 76.0 cm³/mol. The summed E-state index contributed by atoms with van der Waals surface area (Å²) in [5, 5.41) is 13.5. The monoisotopic (exact) mass is 275 g/mol. The molecule has 0 aromatic heterocycles. The van der Waals surface area contributed by atoms with Crippen molar-refractivity contribution in [3.63, 3.8) is 0 Å². The van der Waals surface area contributed by atoms with Crippen molar-refractivity contribution in [3.05, 3.63) is 41.7 Å². The molecule has 0 amide bonds. The van der Waals surface area contributed by atoms with Gasteiger partial charge in [0.2, 0.25) is 0 Å². The molecule has 3 nitrogen and oxygen atoms in total. The van der Waals surface area contributed by atoms with Crippen molar-refractivity contribution < 1.29 is 9.84 Å². The van der Waals surface area contributed by atoms with Crippen LogP contribution >= 0.6 is 11.8 Å². The van der Waals surface area contributed by atoms with E-state index in [1.54, 1.807) is 0 Å². The quantitative estimate of drug-likeness (QED) is 0.762. The van der Waals surface area contributed by atoms with Gasteiger partial charge in [-0.15, -0.1) is 11.8 Å². The molecule has 100 valence electrons. The van der Waals surface area contributed by atoms with E-state index in [9.17, 15) is 5.11 Å². The number of aliphatic hydroxyl groups excluding tert-OH is 1. The van der Waals surface area contributed by atoms with E-state index in [1.165, 1.54) is 5.56 Å². The molecule has 1 fully saturated rings. The lowest BCUT2D eigenvalue weighted by Crippen LogP contribution is -2.51. The maximum atomic E-state index is 9.85. The Balaban J connectivity index is 1.89. The predicted octanol–water partition coefficient (Wildman–Crippen LogP) is 2.22. The Morgan fingerprint density at radius 3 is 3.05 bits per heavy atom. The van der Waals surface area contributed by atoms with Gasteiger partial charge in [0, 0.05) is 23.1 Å². The van der Waals surface area contributed by atoms with Crippen molar-refractivity contribution in [3.8, 4) is 5.75 Å². The largest absolute Gasteiger partial charge is 0.461 e. The first kappa shape index (κ1) is 11.8. The molecule has 4 heteroatoms. The normalized spacial score (nSPS) is 36.4. The Morgan fingerprint density at radius 1 is 1.32 bits per heavy atom. The Bertz CT molecular complexity index is 537. The van der Waals surface area contributed by atoms with Crippen LogP contribution in [0.4, 0.5) is 0 Å². The van der Waals surface area contributed by atoms with E-state index in [-0.39, 0.29) is 11.6 Å². The third-order valence-electron chi connectivity index (χ3n) is 4.46. The van der Waals surface area contributed by atoms with Gasteiger partial charge in [0.15, 0.2) is 0 Å². The van der Waals surface area contributed by atoms with Crippen molar-refractivity contribution in [1.29, 1.82) is 0 Å². The summed E-state index contributed by atoms with van der Waals surface area (Å²) in [4.78, 5) is 0. The number of hydrogen-bond acceptors (Lipinski definition) is 4. The molecule has 3 unspecified atom stereocenters. The molecule has 1 aromatic rings. The standard InChI is InChI=1S/C15H17NO2S/c17-10-5-6-12-14(7-10)18-13-4-2-1-3-11(13)15(12)8-19-9-16-15/h1-4,7,10,12,16-17H,5-6,8-9H2. The van der Waals surface area contributed by atoms with Crippen molar-refractivity contribution in [2.45, 2.75) is 24.5 Å². The maximum absolute atomic E-state index is 9.85. The van der Waals surface area contributed by atoms with Crippen LogP contribution in [-0.2, 0) is 5.54 Å². The number of nitrogens with one attached hydrogen (secondary N) is 1. The van der Waals surface area contributed by atoms with Crippen molar-refractivity contribution in [2.24, 2.45) is 5.92 Å². The summed E-state index contributed by atoms with van der Waals surface area (Å²) in [5.41, 5.74) is 1.27. The van der Waals surface area contributed by atoms with Gasteiger partial charge in [-0.3, -0.25) is 5.32 Å². The van der Waals surface area contributed by atoms with E-state index in [0.29, 0.717) is 5.92 Å². The summed E-state index contributed by atoms with van der Waals surface area (Å²) in [5.74, 6) is 4.30. The fraction of sp³-hybridized carbons (Fsp3) is 0.467. The Morgan fingerprint density at radius 2 is 2.21 bits per heavy atom. The fourth-order valence-electron chi connectivity index (χ4n) is 3.54. The summed E-state index contributed by atoms with van der Waals surface area (Å²) in [7, 11) is 0. The maximum Gasteiger partial charge on any atom is 0.132 e. The van der Waals surface area contributed by atoms with Crippen LogP contribution in [-0.4, -0.2) is 22.8 Å². The molecule has 0 radical (unpaired) electrons. The summed E-state index contributed by atoms with van der Waals surface area (Å²) in [6.45, 7) is 0. The van der Waals surface area contributed by atoms with Gasteiger partial charge < -0.3 is 9.84 Å². The first-order valence-corrected chi connectivity index (χ1v) is 7.95. The number of rotatable bonds is 0. The third-order valence-corrected chi connectivity index (χ3v) is 5.47. The second-order valence-electron chi connectivity index (χ2n) is 5.51. The van der Waals surface area contributed by atoms with E-state index in [0.717, 1.165) is 36.0 Å². The molecular formula is C15H17NO2S. The number of hydrogen-bond donors (Lipinski definition) is 2. The number of fused-ring (bicyclic) bond motifs is 4. The number of thioether (sulfide) groups is 1. The molecular weight excluding hydrogens is 258 g/mol. The highest BCUT2D eigenvalue weighted by Gasteiger charge is 2.50. The van der Waals surface area contributed by atoms with E-state index < -0.39 is 0 Å². The smallest absolute Gasteiger partial charge is 0.132 e. The van der Waals surface area contributed by atoms with Gasteiger partial charge >= 0.3 is 0 Å². The molecule has 1 saturated heterocycles.